The minimum Gasteiger partial charge on any atom is -0.325 e. The van der Waals surface area contributed by atoms with Crippen LogP contribution in [0.15, 0.2) is 60.1 Å². The molecular weight excluding hydrogens is 424 g/mol. The molecule has 0 radical (unpaired) electrons. The summed E-state index contributed by atoms with van der Waals surface area (Å²) in [4.78, 5) is 37.8. The van der Waals surface area contributed by atoms with Gasteiger partial charge in [-0.1, -0.05) is 18.2 Å². The predicted molar refractivity (Wildman–Crippen MR) is 124 cm³/mol. The average molecular weight is 443 g/mol. The van der Waals surface area contributed by atoms with Crippen molar-refractivity contribution in [2.45, 2.75) is 13.3 Å². The molecule has 0 atom stereocenters. The second-order valence-corrected chi connectivity index (χ2v) is 8.15. The van der Waals surface area contributed by atoms with Crippen molar-refractivity contribution in [1.82, 2.24) is 15.0 Å². The summed E-state index contributed by atoms with van der Waals surface area (Å²) in [6.07, 6.45) is 1.89. The van der Waals surface area contributed by atoms with Gasteiger partial charge in [0, 0.05) is 34.0 Å². The Bertz CT molecular complexity index is 1330. The topological polar surface area (TPSA) is 109 Å². The smallest absolute Gasteiger partial charge is 0.257 e. The van der Waals surface area contributed by atoms with E-state index in [0.29, 0.717) is 22.3 Å². The third-order valence-electron chi connectivity index (χ3n) is 4.91. The van der Waals surface area contributed by atoms with E-state index in [1.165, 1.54) is 11.3 Å². The molecule has 0 spiro atoms. The highest BCUT2D eigenvalue weighted by atomic mass is 32.1. The number of aryl methyl sites for hydroxylation is 1. The summed E-state index contributed by atoms with van der Waals surface area (Å²) in [6.45, 7) is 1.88. The van der Waals surface area contributed by atoms with Crippen molar-refractivity contribution in [3.63, 3.8) is 0 Å². The molecule has 2 amide bonds. The predicted octanol–water partition coefficient (Wildman–Crippen LogP) is 4.40. The first-order valence-corrected chi connectivity index (χ1v) is 10.8. The number of hydrogen-bond donors (Lipinski definition) is 3. The summed E-state index contributed by atoms with van der Waals surface area (Å²) in [5.74, 6) is 0.0894. The molecule has 0 bridgehead atoms. The van der Waals surface area contributed by atoms with Gasteiger partial charge >= 0.3 is 0 Å². The summed E-state index contributed by atoms with van der Waals surface area (Å²) < 4.78 is 0. The number of rotatable bonds is 4. The number of aromatic nitrogens is 3. The maximum atomic E-state index is 12.4. The van der Waals surface area contributed by atoms with E-state index in [9.17, 15) is 9.59 Å². The highest BCUT2D eigenvalue weighted by Gasteiger charge is 2.20. The summed E-state index contributed by atoms with van der Waals surface area (Å²) in [5.41, 5.74) is 5.18. The van der Waals surface area contributed by atoms with Gasteiger partial charge in [0.1, 0.15) is 0 Å². The fourth-order valence-corrected chi connectivity index (χ4v) is 4.09. The summed E-state index contributed by atoms with van der Waals surface area (Å²) in [6, 6.07) is 14.6. The number of benzene rings is 2. The minimum atomic E-state index is -0.221. The molecule has 9 heteroatoms. The van der Waals surface area contributed by atoms with Gasteiger partial charge in [-0.25, -0.2) is 15.0 Å². The molecule has 2 aromatic carbocycles. The van der Waals surface area contributed by atoms with E-state index in [4.69, 9.17) is 0 Å². The normalized spacial score (nSPS) is 12.2. The summed E-state index contributed by atoms with van der Waals surface area (Å²) in [7, 11) is 0. The van der Waals surface area contributed by atoms with Gasteiger partial charge in [-0.15, -0.1) is 11.3 Å². The third-order valence-corrected chi connectivity index (χ3v) is 5.79. The first-order chi connectivity index (χ1) is 15.5. The molecule has 5 rings (SSSR count). The second-order valence-electron chi connectivity index (χ2n) is 7.29. The van der Waals surface area contributed by atoms with Gasteiger partial charge in [0.2, 0.25) is 11.9 Å². The van der Waals surface area contributed by atoms with E-state index in [1.54, 1.807) is 30.5 Å². The van der Waals surface area contributed by atoms with Crippen molar-refractivity contribution in [2.75, 3.05) is 16.0 Å². The molecule has 0 unspecified atom stereocenters. The van der Waals surface area contributed by atoms with Crippen LogP contribution in [0.3, 0.4) is 0 Å². The Labute approximate surface area is 187 Å². The lowest BCUT2D eigenvalue weighted by molar-refractivity contribution is -0.115. The molecule has 0 saturated carbocycles. The van der Waals surface area contributed by atoms with Crippen LogP contribution in [0.4, 0.5) is 22.5 Å². The number of carbonyl (C=O) groups excluding carboxylic acids is 2. The molecule has 158 valence electrons. The molecule has 32 heavy (non-hydrogen) atoms. The zero-order chi connectivity index (χ0) is 22.1. The highest BCUT2D eigenvalue weighted by Crippen LogP contribution is 2.32. The average Bonchev–Trinajstić information content (AvgIpc) is 3.13. The van der Waals surface area contributed by atoms with Crippen molar-refractivity contribution < 1.29 is 9.59 Å². The Balaban J connectivity index is 1.36. The van der Waals surface area contributed by atoms with Crippen LogP contribution in [-0.4, -0.2) is 26.8 Å². The van der Waals surface area contributed by atoms with Crippen LogP contribution >= 0.6 is 11.3 Å². The lowest BCUT2D eigenvalue weighted by Crippen LogP contribution is -2.12. The quantitative estimate of drug-likeness (QED) is 0.432. The second kappa shape index (κ2) is 8.20. The fraction of sp³-hybridized carbons (Fsp3) is 0.0870. The Kier molecular flexibility index (Phi) is 5.08. The van der Waals surface area contributed by atoms with Gasteiger partial charge in [-0.05, 0) is 37.3 Å². The van der Waals surface area contributed by atoms with E-state index >= 15 is 0 Å². The molecule has 8 nitrogen and oxygen atoms in total. The van der Waals surface area contributed by atoms with Crippen LogP contribution in [0.1, 0.15) is 21.6 Å². The summed E-state index contributed by atoms with van der Waals surface area (Å²) in [5, 5.41) is 11.3. The van der Waals surface area contributed by atoms with Crippen LogP contribution in [0.25, 0.3) is 11.3 Å². The molecule has 0 saturated heterocycles. The molecule has 4 aromatic rings. The maximum absolute atomic E-state index is 12.4. The van der Waals surface area contributed by atoms with Gasteiger partial charge in [0.15, 0.2) is 5.13 Å². The van der Waals surface area contributed by atoms with E-state index in [0.717, 1.165) is 28.2 Å². The van der Waals surface area contributed by atoms with E-state index < -0.39 is 0 Å². The number of fused-ring (bicyclic) bond motifs is 3. The van der Waals surface area contributed by atoms with E-state index in [2.05, 4.69) is 30.9 Å². The number of carbonyl (C=O) groups is 2. The van der Waals surface area contributed by atoms with Gasteiger partial charge in [0.05, 0.1) is 23.5 Å². The first-order valence-electron chi connectivity index (χ1n) is 9.91. The molecule has 2 aromatic heterocycles. The van der Waals surface area contributed by atoms with E-state index in [1.807, 2.05) is 36.6 Å². The largest absolute Gasteiger partial charge is 0.325 e. The number of anilines is 4. The number of nitrogens with zero attached hydrogens (tertiary/aromatic N) is 3. The van der Waals surface area contributed by atoms with E-state index in [-0.39, 0.29) is 18.2 Å². The number of nitrogens with one attached hydrogen (secondary N) is 3. The van der Waals surface area contributed by atoms with Crippen molar-refractivity contribution in [3.8, 4) is 11.3 Å². The fourth-order valence-electron chi connectivity index (χ4n) is 3.41. The van der Waals surface area contributed by atoms with Crippen LogP contribution in [0.5, 0.6) is 0 Å². The van der Waals surface area contributed by atoms with Gasteiger partial charge in [0.25, 0.3) is 5.91 Å². The molecule has 3 heterocycles. The Hall–Kier alpha value is -4.11. The Morgan fingerprint density at radius 2 is 1.91 bits per heavy atom. The highest BCUT2D eigenvalue weighted by molar-refractivity contribution is 7.13. The molecule has 0 aliphatic carbocycles. The maximum Gasteiger partial charge on any atom is 0.257 e. The van der Waals surface area contributed by atoms with Crippen LogP contribution in [0, 0.1) is 6.92 Å². The van der Waals surface area contributed by atoms with Crippen LogP contribution in [0.2, 0.25) is 0 Å². The summed E-state index contributed by atoms with van der Waals surface area (Å²) >= 11 is 1.39. The minimum absolute atomic E-state index is 0.0951. The molecule has 1 aliphatic heterocycles. The van der Waals surface area contributed by atoms with Gasteiger partial charge in [-0.2, -0.15) is 0 Å². The molecule has 1 aliphatic rings. The van der Waals surface area contributed by atoms with Crippen molar-refractivity contribution >= 4 is 45.6 Å². The van der Waals surface area contributed by atoms with Crippen LogP contribution < -0.4 is 16.0 Å². The third kappa shape index (κ3) is 4.06. The van der Waals surface area contributed by atoms with Crippen molar-refractivity contribution in [3.05, 3.63) is 76.9 Å². The zero-order valence-electron chi connectivity index (χ0n) is 17.0. The molecule has 3 N–H and O–H groups in total. The lowest BCUT2D eigenvalue weighted by Gasteiger charge is -2.10. The standard InChI is InChI=1S/C23H18N6O2S/c1-13-12-32-23(25-13)29-21(31)14-6-8-16(9-7-14)26-22-24-11-15-10-19(30)27-18-5-3-2-4-17(18)20(15)28-22/h2-9,11-12H,10H2,1H3,(H,27,30)(H,24,26,28)(H,25,29,31). The number of hydrogen-bond acceptors (Lipinski definition) is 7. The van der Waals surface area contributed by atoms with Crippen LogP contribution in [-0.2, 0) is 11.2 Å². The monoisotopic (exact) mass is 442 g/mol. The number of amides is 2. The Morgan fingerprint density at radius 3 is 2.69 bits per heavy atom. The van der Waals surface area contributed by atoms with Gasteiger partial charge < -0.3 is 10.6 Å². The number of para-hydroxylation sites is 1. The number of thiazole rings is 1. The zero-order valence-corrected chi connectivity index (χ0v) is 17.9. The molecular formula is C23H18N6O2S. The SMILES string of the molecule is Cc1csc(NC(=O)c2ccc(Nc3ncc4c(n3)-c3ccccc3NC(=O)C4)cc2)n1. The molecule has 0 fully saturated rings. The first kappa shape index (κ1) is 19.8. The van der Waals surface area contributed by atoms with Crippen molar-refractivity contribution in [1.29, 1.82) is 0 Å². The lowest BCUT2D eigenvalue weighted by atomic mass is 10.1. The van der Waals surface area contributed by atoms with Gasteiger partial charge in [-0.3, -0.25) is 14.9 Å². The van der Waals surface area contributed by atoms with Crippen molar-refractivity contribution in [2.24, 2.45) is 0 Å². The Morgan fingerprint density at radius 1 is 1.09 bits per heavy atom.